The minimum Gasteiger partial charge on any atom is -0.306 e. The lowest BCUT2D eigenvalue weighted by Gasteiger charge is -2.29. The molecule has 26 heavy (non-hydrogen) atoms. The van der Waals surface area contributed by atoms with Crippen molar-refractivity contribution in [3.05, 3.63) is 69.1 Å². The molecule has 1 fully saturated rings. The van der Waals surface area contributed by atoms with Crippen LogP contribution in [0.5, 0.6) is 0 Å². The van der Waals surface area contributed by atoms with E-state index in [4.69, 9.17) is 0 Å². The number of rotatable bonds is 2. The van der Waals surface area contributed by atoms with Gasteiger partial charge in [0.25, 0.3) is 5.56 Å². The van der Waals surface area contributed by atoms with Crippen molar-refractivity contribution >= 4 is 11.0 Å². The van der Waals surface area contributed by atoms with Gasteiger partial charge in [0.15, 0.2) is 0 Å². The minimum absolute atomic E-state index is 0.0530. The molecule has 0 aliphatic heterocycles. The average Bonchev–Trinajstić information content (AvgIpc) is 2.61. The molecule has 0 bridgehead atoms. The maximum Gasteiger partial charge on any atom is 0.253 e. The van der Waals surface area contributed by atoms with Gasteiger partial charge in [0.2, 0.25) is 5.95 Å². The van der Waals surface area contributed by atoms with Crippen LogP contribution in [0.15, 0.2) is 35.3 Å². The smallest absolute Gasteiger partial charge is 0.253 e. The predicted octanol–water partition coefficient (Wildman–Crippen LogP) is 4.52. The Morgan fingerprint density at radius 1 is 1.08 bits per heavy atom. The van der Waals surface area contributed by atoms with Gasteiger partial charge in [0.1, 0.15) is 5.65 Å². The van der Waals surface area contributed by atoms with E-state index in [1.165, 1.54) is 6.20 Å². The van der Waals surface area contributed by atoms with Crippen LogP contribution in [-0.4, -0.2) is 15.0 Å². The summed E-state index contributed by atoms with van der Waals surface area (Å²) in [6, 6.07) is 7.79. The van der Waals surface area contributed by atoms with Crippen LogP contribution in [0.25, 0.3) is 11.0 Å². The van der Waals surface area contributed by atoms with Crippen LogP contribution in [0.1, 0.15) is 59.9 Å². The molecule has 0 amide bonds. The molecule has 3 aromatic heterocycles. The van der Waals surface area contributed by atoms with Crippen LogP contribution >= 0.6 is 0 Å². The lowest BCUT2D eigenvalue weighted by molar-refractivity contribution is 0.381. The van der Waals surface area contributed by atoms with Gasteiger partial charge in [-0.3, -0.25) is 4.79 Å². The molecule has 0 saturated heterocycles. The number of nitrogens with zero attached hydrogens (tertiary/aromatic N) is 2. The third kappa shape index (κ3) is 3.02. The fraction of sp³-hybridized carbons (Fsp3) is 0.381. The number of H-pyrrole nitrogens is 1. The summed E-state index contributed by atoms with van der Waals surface area (Å²) in [5, 5.41) is 0.960. The number of hydrogen-bond donors (Lipinski definition) is 1. The highest BCUT2D eigenvalue weighted by atomic mass is 19.1. The molecule has 3 aromatic rings. The largest absolute Gasteiger partial charge is 0.306 e. The summed E-state index contributed by atoms with van der Waals surface area (Å²) in [7, 11) is 0. The summed E-state index contributed by atoms with van der Waals surface area (Å²) in [5.74, 6) is 0.0444. The summed E-state index contributed by atoms with van der Waals surface area (Å²) in [6.07, 6.45) is 5.03. The maximum atomic E-state index is 14.2. The number of aromatic nitrogens is 3. The molecule has 0 unspecified atom stereocenters. The van der Waals surface area contributed by atoms with Gasteiger partial charge >= 0.3 is 0 Å². The van der Waals surface area contributed by atoms with Crippen molar-refractivity contribution in [1.29, 1.82) is 0 Å². The van der Waals surface area contributed by atoms with E-state index < -0.39 is 0 Å². The first-order valence-electron chi connectivity index (χ1n) is 9.14. The molecule has 1 N–H and O–H groups in total. The quantitative estimate of drug-likeness (QED) is 0.691. The molecule has 4 rings (SSSR count). The number of nitrogens with one attached hydrogen (secondary N) is 1. The van der Waals surface area contributed by atoms with Crippen molar-refractivity contribution in [3.63, 3.8) is 0 Å². The second-order valence-electron chi connectivity index (χ2n) is 7.33. The zero-order valence-electron chi connectivity index (χ0n) is 15.1. The van der Waals surface area contributed by atoms with Crippen molar-refractivity contribution in [2.24, 2.45) is 0 Å². The second kappa shape index (κ2) is 6.63. The molecule has 0 aromatic carbocycles. The molecule has 4 nitrogen and oxygen atoms in total. The Morgan fingerprint density at radius 3 is 2.54 bits per heavy atom. The van der Waals surface area contributed by atoms with Crippen LogP contribution in [-0.2, 0) is 0 Å². The van der Waals surface area contributed by atoms with Crippen LogP contribution in [0, 0.1) is 19.8 Å². The van der Waals surface area contributed by atoms with Crippen molar-refractivity contribution < 1.29 is 4.39 Å². The van der Waals surface area contributed by atoms with Gasteiger partial charge in [-0.25, -0.2) is 9.97 Å². The van der Waals surface area contributed by atoms with E-state index in [0.29, 0.717) is 5.65 Å². The Hall–Kier alpha value is -2.56. The Balaban J connectivity index is 1.58. The number of halogens is 1. The molecule has 1 aliphatic rings. The molecule has 1 saturated carbocycles. The maximum absolute atomic E-state index is 14.2. The average molecular weight is 351 g/mol. The topological polar surface area (TPSA) is 58.6 Å². The highest BCUT2D eigenvalue weighted by Crippen LogP contribution is 2.41. The fourth-order valence-electron chi connectivity index (χ4n) is 4.22. The standard InChI is InChI=1S/C21H22FN3O/c1-12-9-10-23-19(22)18(12)15-7-5-14(6-8-15)17-11-16-4-3-13(2)24-20(16)25-21(17)26/h3-4,9-11,14-15H,5-8H2,1-2H3,(H,24,25,26). The third-order valence-electron chi connectivity index (χ3n) is 5.61. The Bertz CT molecular complexity index is 999. The van der Waals surface area contributed by atoms with Gasteiger partial charge in [0, 0.05) is 28.4 Å². The van der Waals surface area contributed by atoms with E-state index in [2.05, 4.69) is 15.0 Å². The lowest BCUT2D eigenvalue weighted by atomic mass is 9.75. The molecule has 3 heterocycles. The SMILES string of the molecule is Cc1ccc2cc(C3CCC(c4c(C)ccnc4F)CC3)c(=O)[nH]c2n1. The normalized spacial score (nSPS) is 20.4. The molecule has 0 radical (unpaired) electrons. The third-order valence-corrected chi connectivity index (χ3v) is 5.61. The summed E-state index contributed by atoms with van der Waals surface area (Å²) in [5.41, 5.74) is 4.01. The molecular weight excluding hydrogens is 329 g/mol. The van der Waals surface area contributed by atoms with Crippen molar-refractivity contribution in [3.8, 4) is 0 Å². The van der Waals surface area contributed by atoms with Crippen LogP contribution < -0.4 is 5.56 Å². The van der Waals surface area contributed by atoms with E-state index in [9.17, 15) is 9.18 Å². The molecule has 0 atom stereocenters. The Morgan fingerprint density at radius 2 is 1.81 bits per heavy atom. The van der Waals surface area contributed by atoms with E-state index in [-0.39, 0.29) is 23.3 Å². The van der Waals surface area contributed by atoms with Gasteiger partial charge in [-0.15, -0.1) is 0 Å². The molecular formula is C21H22FN3O. The highest BCUT2D eigenvalue weighted by Gasteiger charge is 2.28. The van der Waals surface area contributed by atoms with E-state index >= 15 is 0 Å². The number of hydrogen-bond acceptors (Lipinski definition) is 3. The first kappa shape index (κ1) is 16.9. The minimum atomic E-state index is -0.349. The van der Waals surface area contributed by atoms with E-state index in [1.54, 1.807) is 0 Å². The summed E-state index contributed by atoms with van der Waals surface area (Å²) in [6.45, 7) is 3.85. The van der Waals surface area contributed by atoms with Gasteiger partial charge in [0.05, 0.1) is 0 Å². The summed E-state index contributed by atoms with van der Waals surface area (Å²) >= 11 is 0. The lowest BCUT2D eigenvalue weighted by Crippen LogP contribution is -2.21. The number of pyridine rings is 3. The van der Waals surface area contributed by atoms with Crippen LogP contribution in [0.2, 0.25) is 0 Å². The van der Waals surface area contributed by atoms with Gasteiger partial charge in [-0.2, -0.15) is 4.39 Å². The van der Waals surface area contributed by atoms with Gasteiger partial charge in [-0.05, 0) is 81.2 Å². The van der Waals surface area contributed by atoms with E-state index in [1.807, 2.05) is 38.1 Å². The second-order valence-corrected chi connectivity index (χ2v) is 7.33. The number of aromatic amines is 1. The van der Waals surface area contributed by atoms with Crippen molar-refractivity contribution in [1.82, 2.24) is 15.0 Å². The first-order chi connectivity index (χ1) is 12.5. The van der Waals surface area contributed by atoms with Gasteiger partial charge < -0.3 is 4.98 Å². The fourth-order valence-corrected chi connectivity index (χ4v) is 4.22. The Kier molecular flexibility index (Phi) is 4.31. The molecule has 1 aliphatic carbocycles. The predicted molar refractivity (Wildman–Crippen MR) is 100.0 cm³/mol. The zero-order valence-corrected chi connectivity index (χ0v) is 15.1. The van der Waals surface area contributed by atoms with Crippen LogP contribution in [0.4, 0.5) is 4.39 Å². The van der Waals surface area contributed by atoms with Gasteiger partial charge in [-0.1, -0.05) is 0 Å². The molecule has 0 spiro atoms. The molecule has 5 heteroatoms. The number of aryl methyl sites for hydroxylation is 2. The van der Waals surface area contributed by atoms with Crippen LogP contribution in [0.3, 0.4) is 0 Å². The highest BCUT2D eigenvalue weighted by molar-refractivity contribution is 5.75. The van der Waals surface area contributed by atoms with E-state index in [0.717, 1.165) is 53.5 Å². The summed E-state index contributed by atoms with van der Waals surface area (Å²) in [4.78, 5) is 23.7. The first-order valence-corrected chi connectivity index (χ1v) is 9.14. The van der Waals surface area contributed by atoms with Crippen molar-refractivity contribution in [2.75, 3.05) is 0 Å². The molecule has 134 valence electrons. The number of fused-ring (bicyclic) bond motifs is 1. The zero-order chi connectivity index (χ0) is 18.3. The van der Waals surface area contributed by atoms with Crippen molar-refractivity contribution in [2.45, 2.75) is 51.4 Å². The monoisotopic (exact) mass is 351 g/mol. The Labute approximate surface area is 151 Å². The summed E-state index contributed by atoms with van der Waals surface area (Å²) < 4.78 is 14.2.